The number of hydrogen-bond acceptors (Lipinski definition) is 5. The molecule has 0 spiro atoms. The zero-order valence-corrected chi connectivity index (χ0v) is 20.4. The Morgan fingerprint density at radius 2 is 1.30 bits per heavy atom. The van der Waals surface area contributed by atoms with E-state index in [1.807, 2.05) is 74.5 Å². The lowest BCUT2D eigenvalue weighted by atomic mass is 9.62. The summed E-state index contributed by atoms with van der Waals surface area (Å²) in [6.45, 7) is 3.72. The number of amides is 2. The number of Topliss-reactive ketones (excluding diaryl/α,β-unsaturated/α-hetero) is 1. The summed E-state index contributed by atoms with van der Waals surface area (Å²) in [7, 11) is 0. The van der Waals surface area contributed by atoms with E-state index in [1.54, 1.807) is 0 Å². The zero-order valence-electron chi connectivity index (χ0n) is 20.4. The molecule has 0 N–H and O–H groups in total. The van der Waals surface area contributed by atoms with Crippen LogP contribution < -0.4 is 4.90 Å². The van der Waals surface area contributed by atoms with Crippen LogP contribution in [0.15, 0.2) is 84.9 Å². The van der Waals surface area contributed by atoms with Gasteiger partial charge in [-0.25, -0.2) is 4.90 Å². The molecule has 3 aromatic carbocycles. The fourth-order valence-electron chi connectivity index (χ4n) is 7.11. The van der Waals surface area contributed by atoms with Crippen molar-refractivity contribution in [3.05, 3.63) is 106 Å². The molecular weight excluding hydrogens is 468 g/mol. The van der Waals surface area contributed by atoms with Crippen LogP contribution in [0.2, 0.25) is 0 Å². The van der Waals surface area contributed by atoms with E-state index < -0.39 is 39.4 Å². The van der Waals surface area contributed by atoms with E-state index in [-0.39, 0.29) is 17.2 Å². The molecule has 4 atom stereocenters. The molecule has 7 nitrogen and oxygen atoms in total. The number of ketones is 1. The van der Waals surface area contributed by atoms with Crippen LogP contribution >= 0.6 is 0 Å². The average molecular weight is 493 g/mol. The molecule has 3 aliphatic rings. The largest absolute Gasteiger partial charge is 0.298 e. The summed E-state index contributed by atoms with van der Waals surface area (Å²) >= 11 is 0. The lowest BCUT2D eigenvalue weighted by Crippen LogP contribution is -2.41. The van der Waals surface area contributed by atoms with Gasteiger partial charge in [0.05, 0.1) is 33.3 Å². The van der Waals surface area contributed by atoms with E-state index in [1.165, 1.54) is 24.3 Å². The molecule has 2 amide bonds. The quantitative estimate of drug-likeness (QED) is 0.273. The summed E-state index contributed by atoms with van der Waals surface area (Å²) in [4.78, 5) is 54.3. The van der Waals surface area contributed by atoms with Crippen LogP contribution in [0, 0.1) is 32.8 Å². The highest BCUT2D eigenvalue weighted by molar-refractivity contribution is 6.34. The third-order valence-corrected chi connectivity index (χ3v) is 8.55. The van der Waals surface area contributed by atoms with E-state index in [9.17, 15) is 24.5 Å². The number of hydrogen-bond donors (Lipinski definition) is 0. The van der Waals surface area contributed by atoms with Crippen molar-refractivity contribution in [2.75, 3.05) is 4.90 Å². The van der Waals surface area contributed by atoms with Crippen LogP contribution in [0.5, 0.6) is 0 Å². The first-order valence-electron chi connectivity index (χ1n) is 12.3. The highest BCUT2D eigenvalue weighted by atomic mass is 16.6. The maximum absolute atomic E-state index is 14.4. The average Bonchev–Trinajstić information content (AvgIpc) is 3.39. The van der Waals surface area contributed by atoms with Crippen LogP contribution in [0.1, 0.15) is 31.4 Å². The summed E-state index contributed by atoms with van der Waals surface area (Å²) in [5, 5.41) is 11.1. The number of carbonyl (C=O) groups is 3. The predicted molar refractivity (Wildman–Crippen MR) is 138 cm³/mol. The molecule has 0 radical (unpaired) electrons. The van der Waals surface area contributed by atoms with E-state index in [4.69, 9.17) is 0 Å². The minimum absolute atomic E-state index is 0.0831. The van der Waals surface area contributed by atoms with Crippen molar-refractivity contribution in [2.24, 2.45) is 22.7 Å². The van der Waals surface area contributed by atoms with E-state index in [2.05, 4.69) is 0 Å². The highest BCUT2D eigenvalue weighted by Gasteiger charge is 2.79. The molecule has 3 aromatic rings. The van der Waals surface area contributed by atoms with Crippen LogP contribution in [0.4, 0.5) is 11.4 Å². The van der Waals surface area contributed by atoms with Gasteiger partial charge in [-0.15, -0.1) is 0 Å². The number of imide groups is 1. The second-order valence-electron chi connectivity index (χ2n) is 10.1. The topological polar surface area (TPSA) is 97.6 Å². The Morgan fingerprint density at radius 3 is 1.81 bits per heavy atom. The molecule has 2 fully saturated rings. The third kappa shape index (κ3) is 2.74. The zero-order chi connectivity index (χ0) is 26.1. The standard InChI is InChI=1S/C30H24N2O5/c1-3-30-23(19-12-8-5-9-13-19)22(18-10-6-4-7-11-18)29(2,28(30)35)24-25(30)27(34)31(26(24)33)20-14-16-21(17-15-20)32(36)37/h4-17,24-25H,3H2,1-2H3/t24-,25-,29-,30-/m0/s1. The van der Waals surface area contributed by atoms with Gasteiger partial charge in [-0.1, -0.05) is 67.6 Å². The summed E-state index contributed by atoms with van der Waals surface area (Å²) in [5.41, 5.74) is 1.15. The van der Waals surface area contributed by atoms with Gasteiger partial charge in [0.1, 0.15) is 0 Å². The lowest BCUT2D eigenvalue weighted by Gasteiger charge is -2.37. The van der Waals surface area contributed by atoms with Gasteiger partial charge in [0.25, 0.3) is 5.69 Å². The Hall–Kier alpha value is -4.39. The first kappa shape index (κ1) is 23.0. The van der Waals surface area contributed by atoms with Crippen LogP contribution in [0.25, 0.3) is 11.1 Å². The Morgan fingerprint density at radius 1 is 0.784 bits per heavy atom. The molecule has 7 heteroatoms. The Balaban J connectivity index is 1.60. The number of carbonyl (C=O) groups excluding carboxylic acids is 3. The normalized spacial score (nSPS) is 28.3. The van der Waals surface area contributed by atoms with Gasteiger partial charge < -0.3 is 0 Å². The minimum Gasteiger partial charge on any atom is -0.298 e. The van der Waals surface area contributed by atoms with Crippen molar-refractivity contribution in [3.8, 4) is 0 Å². The van der Waals surface area contributed by atoms with Crippen molar-refractivity contribution in [1.82, 2.24) is 0 Å². The van der Waals surface area contributed by atoms with Gasteiger partial charge >= 0.3 is 0 Å². The molecule has 1 aliphatic heterocycles. The van der Waals surface area contributed by atoms with Crippen LogP contribution in [-0.4, -0.2) is 22.5 Å². The maximum Gasteiger partial charge on any atom is 0.269 e. The second-order valence-corrected chi connectivity index (χ2v) is 10.1. The molecular formula is C30H24N2O5. The number of benzene rings is 3. The maximum atomic E-state index is 14.4. The van der Waals surface area contributed by atoms with E-state index in [0.29, 0.717) is 6.42 Å². The van der Waals surface area contributed by atoms with Crippen LogP contribution in [0.3, 0.4) is 0 Å². The Kier molecular flexibility index (Phi) is 4.86. The second kappa shape index (κ2) is 7.80. The first-order valence-corrected chi connectivity index (χ1v) is 12.3. The number of fused-ring (bicyclic) bond motifs is 5. The number of nitrogens with zero attached hydrogens (tertiary/aromatic N) is 2. The summed E-state index contributed by atoms with van der Waals surface area (Å²) in [5.74, 6) is -2.65. The fourth-order valence-corrected chi connectivity index (χ4v) is 7.11. The SMILES string of the molecule is CC[C@]12C(=O)[C@@](C)(C(c3ccccc3)=C1c1ccccc1)[C@@H]1C(=O)N(c3ccc([N+](=O)[O-])cc3)C(=O)[C@H]12. The van der Waals surface area contributed by atoms with Crippen molar-refractivity contribution in [1.29, 1.82) is 0 Å². The van der Waals surface area contributed by atoms with Crippen molar-refractivity contribution in [2.45, 2.75) is 20.3 Å². The minimum atomic E-state index is -1.20. The smallest absolute Gasteiger partial charge is 0.269 e. The molecule has 0 aromatic heterocycles. The molecule has 1 saturated heterocycles. The fraction of sp³-hybridized carbons (Fsp3) is 0.233. The van der Waals surface area contributed by atoms with Crippen LogP contribution in [-0.2, 0) is 14.4 Å². The first-order chi connectivity index (χ1) is 17.8. The number of rotatable bonds is 5. The predicted octanol–water partition coefficient (Wildman–Crippen LogP) is 5.31. The monoisotopic (exact) mass is 492 g/mol. The summed E-state index contributed by atoms with van der Waals surface area (Å²) in [6.07, 6.45) is 0.371. The molecule has 37 heavy (non-hydrogen) atoms. The molecule has 2 aliphatic carbocycles. The molecule has 0 unspecified atom stereocenters. The van der Waals surface area contributed by atoms with Gasteiger partial charge in [0.15, 0.2) is 5.78 Å². The number of allylic oxidation sites excluding steroid dienone is 2. The van der Waals surface area contributed by atoms with Gasteiger partial charge in [0.2, 0.25) is 11.8 Å². The van der Waals surface area contributed by atoms with Gasteiger partial charge in [0, 0.05) is 12.1 Å². The Labute approximate surface area is 213 Å². The number of anilines is 1. The van der Waals surface area contributed by atoms with E-state index >= 15 is 0 Å². The van der Waals surface area contributed by atoms with E-state index in [0.717, 1.165) is 27.2 Å². The molecule has 2 bridgehead atoms. The molecule has 6 rings (SSSR count). The molecule has 1 saturated carbocycles. The Bertz CT molecular complexity index is 1510. The third-order valence-electron chi connectivity index (χ3n) is 8.55. The van der Waals surface area contributed by atoms with Crippen molar-refractivity contribution >= 4 is 40.1 Å². The summed E-state index contributed by atoms with van der Waals surface area (Å²) < 4.78 is 0. The number of nitro benzene ring substituents is 1. The molecule has 184 valence electrons. The van der Waals surface area contributed by atoms with Crippen molar-refractivity contribution in [3.63, 3.8) is 0 Å². The molecule has 1 heterocycles. The van der Waals surface area contributed by atoms with Crippen molar-refractivity contribution < 1.29 is 19.3 Å². The highest BCUT2D eigenvalue weighted by Crippen LogP contribution is 2.74. The number of non-ortho nitro benzene ring substituents is 1. The van der Waals surface area contributed by atoms with Gasteiger partial charge in [-0.2, -0.15) is 0 Å². The summed E-state index contributed by atoms with van der Waals surface area (Å²) in [6, 6.07) is 24.7. The van der Waals surface area contributed by atoms with Gasteiger partial charge in [-0.3, -0.25) is 24.5 Å². The number of nitro groups is 1. The lowest BCUT2D eigenvalue weighted by molar-refractivity contribution is -0.384. The van der Waals surface area contributed by atoms with Gasteiger partial charge in [-0.05, 0) is 47.8 Å².